The number of hydrogen-bond acceptors (Lipinski definition) is 3. The second-order valence-corrected chi connectivity index (χ2v) is 4.33. The molecule has 0 aliphatic carbocycles. The third kappa shape index (κ3) is 1.97. The van der Waals surface area contributed by atoms with Crippen molar-refractivity contribution in [1.29, 1.82) is 0 Å². The van der Waals surface area contributed by atoms with Crippen molar-refractivity contribution in [2.45, 2.75) is 6.54 Å². The van der Waals surface area contributed by atoms with Crippen LogP contribution in [0.25, 0.3) is 22.6 Å². The van der Waals surface area contributed by atoms with Crippen LogP contribution in [0.3, 0.4) is 0 Å². The number of aliphatic carboxylic acids is 1. The Hall–Kier alpha value is -2.63. The van der Waals surface area contributed by atoms with Crippen LogP contribution >= 0.6 is 0 Å². The number of carbonyl (C=O) groups is 1. The Bertz CT molecular complexity index is 757. The van der Waals surface area contributed by atoms with Gasteiger partial charge in [-0.2, -0.15) is 0 Å². The summed E-state index contributed by atoms with van der Waals surface area (Å²) < 4.78 is 3.47. The number of para-hydroxylation sites is 2. The maximum Gasteiger partial charge on any atom is 0.323 e. The monoisotopic (exact) mass is 256 g/mol. The highest BCUT2D eigenvalue weighted by atomic mass is 16.4. The van der Waals surface area contributed by atoms with Gasteiger partial charge >= 0.3 is 5.97 Å². The third-order valence-corrected chi connectivity index (χ3v) is 2.88. The molecule has 6 heteroatoms. The topological polar surface area (TPSA) is 72.9 Å². The first kappa shape index (κ1) is 11.5. The molecular weight excluding hydrogens is 244 g/mol. The Morgan fingerprint density at radius 2 is 2.16 bits per heavy atom. The summed E-state index contributed by atoms with van der Waals surface area (Å²) in [7, 11) is 1.86. The molecule has 2 heterocycles. The van der Waals surface area contributed by atoms with Gasteiger partial charge in [-0.15, -0.1) is 0 Å². The number of carboxylic acid groups (broad SMARTS) is 1. The van der Waals surface area contributed by atoms with Crippen molar-refractivity contribution in [3.8, 4) is 11.5 Å². The van der Waals surface area contributed by atoms with Crippen molar-refractivity contribution in [1.82, 2.24) is 19.1 Å². The molecule has 0 fully saturated rings. The van der Waals surface area contributed by atoms with Crippen LogP contribution in [0.4, 0.5) is 0 Å². The highest BCUT2D eigenvalue weighted by Crippen LogP contribution is 2.23. The number of rotatable bonds is 3. The molecule has 0 saturated heterocycles. The van der Waals surface area contributed by atoms with Gasteiger partial charge in [0, 0.05) is 13.2 Å². The van der Waals surface area contributed by atoms with Crippen molar-refractivity contribution in [2.24, 2.45) is 7.05 Å². The maximum absolute atomic E-state index is 11.0. The van der Waals surface area contributed by atoms with Crippen LogP contribution in [0.5, 0.6) is 0 Å². The van der Waals surface area contributed by atoms with Gasteiger partial charge in [0.25, 0.3) is 0 Å². The second-order valence-electron chi connectivity index (χ2n) is 4.33. The lowest BCUT2D eigenvalue weighted by Gasteiger charge is -2.03. The van der Waals surface area contributed by atoms with E-state index in [1.807, 2.05) is 37.5 Å². The van der Waals surface area contributed by atoms with Gasteiger partial charge in [-0.1, -0.05) is 12.1 Å². The minimum absolute atomic E-state index is 0.133. The summed E-state index contributed by atoms with van der Waals surface area (Å²) >= 11 is 0. The second kappa shape index (κ2) is 4.24. The lowest BCUT2D eigenvalue weighted by Crippen LogP contribution is -2.10. The first-order valence-electron chi connectivity index (χ1n) is 5.80. The van der Waals surface area contributed by atoms with Crippen molar-refractivity contribution in [3.63, 3.8) is 0 Å². The first-order chi connectivity index (χ1) is 9.15. The fraction of sp³-hybridized carbons (Fsp3) is 0.154. The Kier molecular flexibility index (Phi) is 2.56. The van der Waals surface area contributed by atoms with Crippen LogP contribution in [0.1, 0.15) is 0 Å². The van der Waals surface area contributed by atoms with E-state index in [2.05, 4.69) is 9.97 Å². The molecule has 0 amide bonds. The summed E-state index contributed by atoms with van der Waals surface area (Å²) in [4.78, 5) is 19.7. The highest BCUT2D eigenvalue weighted by Gasteiger charge is 2.15. The number of nitrogens with zero attached hydrogens (tertiary/aromatic N) is 4. The van der Waals surface area contributed by atoms with Crippen molar-refractivity contribution in [2.75, 3.05) is 0 Å². The van der Waals surface area contributed by atoms with Crippen LogP contribution in [0, 0.1) is 0 Å². The van der Waals surface area contributed by atoms with E-state index in [1.165, 1.54) is 0 Å². The standard InChI is InChI=1S/C13H12N4O2/c1-16-6-10(14-8-16)13-15-9-4-2-3-5-11(9)17(13)7-12(18)19/h2-6,8H,7H2,1H3,(H,18,19). The lowest BCUT2D eigenvalue weighted by molar-refractivity contribution is -0.137. The smallest absolute Gasteiger partial charge is 0.323 e. The SMILES string of the molecule is Cn1cnc(-c2nc3ccccc3n2CC(=O)O)c1. The maximum atomic E-state index is 11.0. The Morgan fingerprint density at radius 1 is 1.37 bits per heavy atom. The molecular formula is C13H12N4O2. The van der Waals surface area contributed by atoms with E-state index in [-0.39, 0.29) is 6.54 Å². The van der Waals surface area contributed by atoms with Crippen molar-refractivity contribution < 1.29 is 9.90 Å². The average molecular weight is 256 g/mol. The molecule has 2 aromatic heterocycles. The molecule has 0 bridgehead atoms. The zero-order valence-electron chi connectivity index (χ0n) is 10.3. The largest absolute Gasteiger partial charge is 0.480 e. The van der Waals surface area contributed by atoms with Gasteiger partial charge in [0.15, 0.2) is 5.82 Å². The molecule has 3 aromatic rings. The van der Waals surface area contributed by atoms with E-state index in [4.69, 9.17) is 5.11 Å². The van der Waals surface area contributed by atoms with Crippen LogP contribution in [0.2, 0.25) is 0 Å². The van der Waals surface area contributed by atoms with Crippen molar-refractivity contribution >= 4 is 17.0 Å². The van der Waals surface area contributed by atoms with E-state index in [0.717, 1.165) is 11.0 Å². The van der Waals surface area contributed by atoms with Crippen LogP contribution in [-0.2, 0) is 18.4 Å². The predicted octanol–water partition coefficient (Wildman–Crippen LogP) is 1.52. The summed E-state index contributed by atoms with van der Waals surface area (Å²) in [6.45, 7) is -0.133. The van der Waals surface area contributed by atoms with Gasteiger partial charge in [0.1, 0.15) is 12.2 Å². The number of aromatic nitrogens is 4. The van der Waals surface area contributed by atoms with E-state index in [0.29, 0.717) is 11.5 Å². The Balaban J connectivity index is 2.25. The average Bonchev–Trinajstić information content (AvgIpc) is 2.94. The molecule has 0 aliphatic rings. The van der Waals surface area contributed by atoms with E-state index >= 15 is 0 Å². The van der Waals surface area contributed by atoms with Crippen molar-refractivity contribution in [3.05, 3.63) is 36.8 Å². The first-order valence-corrected chi connectivity index (χ1v) is 5.80. The molecule has 0 saturated carbocycles. The number of aryl methyl sites for hydroxylation is 1. The molecule has 0 atom stereocenters. The summed E-state index contributed by atoms with van der Waals surface area (Å²) in [5.74, 6) is -0.329. The predicted molar refractivity (Wildman–Crippen MR) is 69.6 cm³/mol. The van der Waals surface area contributed by atoms with E-state index in [1.54, 1.807) is 15.5 Å². The van der Waals surface area contributed by atoms with Crippen LogP contribution < -0.4 is 0 Å². The molecule has 1 N–H and O–H groups in total. The molecule has 3 rings (SSSR count). The molecule has 19 heavy (non-hydrogen) atoms. The van der Waals surface area contributed by atoms with Gasteiger partial charge in [-0.25, -0.2) is 9.97 Å². The molecule has 0 unspecified atom stereocenters. The Labute approximate surface area is 108 Å². The number of imidazole rings is 2. The van der Waals surface area contributed by atoms with Crippen LogP contribution in [-0.4, -0.2) is 30.2 Å². The quantitative estimate of drug-likeness (QED) is 0.771. The molecule has 96 valence electrons. The van der Waals surface area contributed by atoms with Crippen LogP contribution in [0.15, 0.2) is 36.8 Å². The summed E-state index contributed by atoms with van der Waals surface area (Å²) in [5.41, 5.74) is 2.23. The van der Waals surface area contributed by atoms with E-state index in [9.17, 15) is 4.79 Å². The fourth-order valence-corrected chi connectivity index (χ4v) is 2.09. The van der Waals surface area contributed by atoms with Gasteiger partial charge in [-0.3, -0.25) is 4.79 Å². The fourth-order valence-electron chi connectivity index (χ4n) is 2.09. The minimum atomic E-state index is -0.902. The number of hydrogen-bond donors (Lipinski definition) is 1. The minimum Gasteiger partial charge on any atom is -0.480 e. The summed E-state index contributed by atoms with van der Waals surface area (Å²) in [6.07, 6.45) is 3.49. The van der Waals surface area contributed by atoms with Gasteiger partial charge in [0.2, 0.25) is 0 Å². The number of benzene rings is 1. The molecule has 6 nitrogen and oxygen atoms in total. The third-order valence-electron chi connectivity index (χ3n) is 2.88. The zero-order chi connectivity index (χ0) is 13.4. The zero-order valence-corrected chi connectivity index (χ0v) is 10.3. The number of fused-ring (bicyclic) bond motifs is 1. The van der Waals surface area contributed by atoms with Gasteiger partial charge in [0.05, 0.1) is 17.4 Å². The Morgan fingerprint density at radius 3 is 2.84 bits per heavy atom. The molecule has 0 aliphatic heterocycles. The summed E-state index contributed by atoms with van der Waals surface area (Å²) in [5, 5.41) is 9.05. The highest BCUT2D eigenvalue weighted by molar-refractivity contribution is 5.82. The van der Waals surface area contributed by atoms with Gasteiger partial charge in [-0.05, 0) is 12.1 Å². The summed E-state index contributed by atoms with van der Waals surface area (Å²) in [6, 6.07) is 7.46. The van der Waals surface area contributed by atoms with E-state index < -0.39 is 5.97 Å². The molecule has 1 aromatic carbocycles. The van der Waals surface area contributed by atoms with Gasteiger partial charge < -0.3 is 14.2 Å². The number of carboxylic acids is 1. The lowest BCUT2D eigenvalue weighted by atomic mass is 10.3. The molecule has 0 radical (unpaired) electrons. The normalized spacial score (nSPS) is 11.0. The molecule has 0 spiro atoms.